The van der Waals surface area contributed by atoms with E-state index in [1.54, 1.807) is 0 Å². The second-order valence-corrected chi connectivity index (χ2v) is 3.01. The van der Waals surface area contributed by atoms with Gasteiger partial charge in [0.2, 0.25) is 0 Å². The van der Waals surface area contributed by atoms with Gasteiger partial charge in [0.1, 0.15) is 17.7 Å². The van der Waals surface area contributed by atoms with Crippen LogP contribution < -0.4 is 11.5 Å². The summed E-state index contributed by atoms with van der Waals surface area (Å²) in [5, 5.41) is 18.5. The maximum atomic E-state index is 10.1. The molecule has 0 aromatic carbocycles. The van der Waals surface area contributed by atoms with Crippen molar-refractivity contribution in [3.63, 3.8) is 0 Å². The molecule has 0 rings (SSSR count). The highest BCUT2D eigenvalue weighted by atomic mass is 16.3. The van der Waals surface area contributed by atoms with Gasteiger partial charge in [0.05, 0.1) is 0 Å². The van der Waals surface area contributed by atoms with E-state index in [2.05, 4.69) is 0 Å². The number of carbonyl (C=O) groups excluding carboxylic acids is 1. The molecule has 12 heavy (non-hydrogen) atoms. The normalized spacial score (nSPS) is 20.5. The number of aldehydes is 1. The summed E-state index contributed by atoms with van der Waals surface area (Å²) in [6, 6.07) is 0. The molecule has 70 valence electrons. The standard InChI is InChI=1S/C7H14N2O3/c1-6(8,11)5(3-4-10)7(2,9)12/h3-4,11-12H,8-9H2,1-2H3. The first-order valence-corrected chi connectivity index (χ1v) is 3.38. The van der Waals surface area contributed by atoms with Gasteiger partial charge in [-0.05, 0) is 19.9 Å². The zero-order chi connectivity index (χ0) is 9.99. The molecule has 5 heteroatoms. The van der Waals surface area contributed by atoms with Crippen LogP contribution in [0.15, 0.2) is 11.6 Å². The summed E-state index contributed by atoms with van der Waals surface area (Å²) in [5.74, 6) is 0. The van der Waals surface area contributed by atoms with Crippen LogP contribution in [0.2, 0.25) is 0 Å². The highest BCUT2D eigenvalue weighted by molar-refractivity contribution is 5.67. The highest BCUT2D eigenvalue weighted by Gasteiger charge is 2.32. The van der Waals surface area contributed by atoms with Gasteiger partial charge in [-0.25, -0.2) is 0 Å². The van der Waals surface area contributed by atoms with Crippen LogP contribution in [0.5, 0.6) is 0 Å². The van der Waals surface area contributed by atoms with Crippen molar-refractivity contribution in [3.05, 3.63) is 11.6 Å². The molecule has 6 N–H and O–H groups in total. The lowest BCUT2D eigenvalue weighted by molar-refractivity contribution is -0.104. The Bertz CT molecular complexity index is 182. The van der Waals surface area contributed by atoms with Crippen molar-refractivity contribution in [2.45, 2.75) is 25.3 Å². The van der Waals surface area contributed by atoms with Gasteiger partial charge in [0.25, 0.3) is 0 Å². The highest BCUT2D eigenvalue weighted by Crippen LogP contribution is 2.18. The molecule has 2 atom stereocenters. The smallest absolute Gasteiger partial charge is 0.143 e. The molecule has 0 aromatic heterocycles. The van der Waals surface area contributed by atoms with Crippen LogP contribution >= 0.6 is 0 Å². The summed E-state index contributed by atoms with van der Waals surface area (Å²) >= 11 is 0. The Morgan fingerprint density at radius 2 is 1.58 bits per heavy atom. The Hall–Kier alpha value is -0.750. The fourth-order valence-electron chi connectivity index (χ4n) is 0.918. The average Bonchev–Trinajstić information content (AvgIpc) is 1.77. The van der Waals surface area contributed by atoms with E-state index >= 15 is 0 Å². The van der Waals surface area contributed by atoms with Crippen LogP contribution in [0.25, 0.3) is 0 Å². The van der Waals surface area contributed by atoms with E-state index in [1.807, 2.05) is 0 Å². The maximum absolute atomic E-state index is 10.1. The third kappa shape index (κ3) is 3.10. The largest absolute Gasteiger partial charge is 0.372 e. The van der Waals surface area contributed by atoms with Crippen molar-refractivity contribution in [1.29, 1.82) is 0 Å². The number of nitrogens with two attached hydrogens (primary N) is 2. The Morgan fingerprint density at radius 3 is 1.67 bits per heavy atom. The SMILES string of the molecule is CC(N)(O)C(=CC=O)C(C)(N)O. The van der Waals surface area contributed by atoms with Crippen LogP contribution in [-0.2, 0) is 4.79 Å². The Morgan fingerprint density at radius 1 is 1.25 bits per heavy atom. The molecule has 0 spiro atoms. The van der Waals surface area contributed by atoms with Crippen molar-refractivity contribution in [2.75, 3.05) is 0 Å². The molecule has 0 amide bonds. The Kier molecular flexibility index (Phi) is 3.11. The van der Waals surface area contributed by atoms with E-state index in [4.69, 9.17) is 11.5 Å². The first-order chi connectivity index (χ1) is 5.19. The quantitative estimate of drug-likeness (QED) is 0.235. The topological polar surface area (TPSA) is 110 Å². The van der Waals surface area contributed by atoms with Crippen LogP contribution in [-0.4, -0.2) is 27.9 Å². The second-order valence-electron chi connectivity index (χ2n) is 3.01. The van der Waals surface area contributed by atoms with Gasteiger partial charge in [-0.1, -0.05) is 0 Å². The summed E-state index contributed by atoms with van der Waals surface area (Å²) in [6.07, 6.45) is 1.35. The van der Waals surface area contributed by atoms with Gasteiger partial charge in [0, 0.05) is 5.57 Å². The Labute approximate surface area is 70.7 Å². The van der Waals surface area contributed by atoms with Gasteiger partial charge in [-0.2, -0.15) is 0 Å². The number of rotatable bonds is 3. The van der Waals surface area contributed by atoms with Gasteiger partial charge in [-0.15, -0.1) is 0 Å². The number of hydrogen-bond donors (Lipinski definition) is 4. The van der Waals surface area contributed by atoms with Crippen LogP contribution in [0.4, 0.5) is 0 Å². The van der Waals surface area contributed by atoms with E-state index in [0.717, 1.165) is 6.08 Å². The lowest BCUT2D eigenvalue weighted by Gasteiger charge is -2.30. The minimum absolute atomic E-state index is 0.134. The predicted molar refractivity (Wildman–Crippen MR) is 43.8 cm³/mol. The first kappa shape index (κ1) is 11.2. The monoisotopic (exact) mass is 174 g/mol. The van der Waals surface area contributed by atoms with E-state index in [1.165, 1.54) is 13.8 Å². The molecule has 2 unspecified atom stereocenters. The molecule has 0 radical (unpaired) electrons. The molecule has 0 heterocycles. The van der Waals surface area contributed by atoms with E-state index in [0.29, 0.717) is 6.29 Å². The number of allylic oxidation sites excluding steroid dienone is 1. The van der Waals surface area contributed by atoms with Crippen molar-refractivity contribution in [2.24, 2.45) is 11.5 Å². The van der Waals surface area contributed by atoms with Crippen LogP contribution in [0.1, 0.15) is 13.8 Å². The van der Waals surface area contributed by atoms with E-state index < -0.39 is 11.4 Å². The molecule has 0 aliphatic rings. The molecule has 0 bridgehead atoms. The number of carbonyl (C=O) groups is 1. The third-order valence-corrected chi connectivity index (χ3v) is 1.33. The molecule has 5 nitrogen and oxygen atoms in total. The van der Waals surface area contributed by atoms with Crippen molar-refractivity contribution in [1.82, 2.24) is 0 Å². The van der Waals surface area contributed by atoms with Crippen molar-refractivity contribution >= 4 is 6.29 Å². The summed E-state index contributed by atoms with van der Waals surface area (Å²) in [6.45, 7) is 2.45. The molecule has 0 fully saturated rings. The lowest BCUT2D eigenvalue weighted by Crippen LogP contribution is -2.51. The minimum atomic E-state index is -1.79. The first-order valence-electron chi connectivity index (χ1n) is 3.38. The fraction of sp³-hybridized carbons (Fsp3) is 0.571. The lowest BCUT2D eigenvalue weighted by atomic mass is 9.96. The van der Waals surface area contributed by atoms with Gasteiger partial charge >= 0.3 is 0 Å². The number of aliphatic hydroxyl groups is 2. The molecule has 0 aromatic rings. The van der Waals surface area contributed by atoms with Gasteiger partial charge in [0.15, 0.2) is 0 Å². The van der Waals surface area contributed by atoms with E-state index in [-0.39, 0.29) is 5.57 Å². The summed E-state index contributed by atoms with van der Waals surface area (Å²) in [4.78, 5) is 10.1. The van der Waals surface area contributed by atoms with Gasteiger partial charge < -0.3 is 21.7 Å². The van der Waals surface area contributed by atoms with Crippen LogP contribution in [0.3, 0.4) is 0 Å². The van der Waals surface area contributed by atoms with Crippen molar-refractivity contribution < 1.29 is 15.0 Å². The summed E-state index contributed by atoms with van der Waals surface area (Å²) in [7, 11) is 0. The molecule has 0 saturated carbocycles. The third-order valence-electron chi connectivity index (χ3n) is 1.33. The fourth-order valence-corrected chi connectivity index (χ4v) is 0.918. The molecular formula is C7H14N2O3. The Balaban J connectivity index is 4.95. The van der Waals surface area contributed by atoms with Crippen LogP contribution in [0, 0.1) is 0 Å². The minimum Gasteiger partial charge on any atom is -0.372 e. The maximum Gasteiger partial charge on any atom is 0.143 e. The van der Waals surface area contributed by atoms with E-state index in [9.17, 15) is 15.0 Å². The van der Waals surface area contributed by atoms with Crippen molar-refractivity contribution in [3.8, 4) is 0 Å². The molecule has 0 aliphatic carbocycles. The summed E-state index contributed by atoms with van der Waals surface area (Å²) < 4.78 is 0. The zero-order valence-electron chi connectivity index (χ0n) is 7.11. The predicted octanol–water partition coefficient (Wildman–Crippen LogP) is -1.55. The zero-order valence-corrected chi connectivity index (χ0v) is 7.11. The second kappa shape index (κ2) is 3.32. The number of hydrogen-bond acceptors (Lipinski definition) is 5. The average molecular weight is 174 g/mol. The molecule has 0 saturated heterocycles. The molecule has 0 aliphatic heterocycles. The molecular weight excluding hydrogens is 160 g/mol. The van der Waals surface area contributed by atoms with Gasteiger partial charge in [-0.3, -0.25) is 4.79 Å². The summed E-state index contributed by atoms with van der Waals surface area (Å²) in [5.41, 5.74) is 6.76.